The van der Waals surface area contributed by atoms with Crippen molar-refractivity contribution in [1.82, 2.24) is 5.43 Å². The van der Waals surface area contributed by atoms with Crippen LogP contribution in [0.15, 0.2) is 41.5 Å². The second kappa shape index (κ2) is 6.00. The molecule has 0 spiro atoms. The molecule has 120 valence electrons. The van der Waals surface area contributed by atoms with Crippen LogP contribution in [0.3, 0.4) is 0 Å². The highest BCUT2D eigenvalue weighted by Gasteiger charge is 2.32. The normalized spacial score (nSPS) is 20.1. The van der Waals surface area contributed by atoms with Gasteiger partial charge in [-0.1, -0.05) is 30.3 Å². The first-order valence-corrected chi connectivity index (χ1v) is 9.02. The summed E-state index contributed by atoms with van der Waals surface area (Å²) in [5, 5.41) is 15.6. The minimum Gasteiger partial charge on any atom is -0.507 e. The summed E-state index contributed by atoms with van der Waals surface area (Å²) in [5.41, 5.74) is 2.86. The summed E-state index contributed by atoms with van der Waals surface area (Å²) in [6.07, 6.45) is 1.70. The largest absolute Gasteiger partial charge is 0.507 e. The molecule has 1 heterocycles. The number of rotatable bonds is 3. The van der Waals surface area contributed by atoms with Gasteiger partial charge in [0.1, 0.15) is 5.75 Å². The monoisotopic (exact) mass is 332 g/mol. The molecule has 1 saturated heterocycles. The highest BCUT2D eigenvalue weighted by molar-refractivity contribution is 7.91. The summed E-state index contributed by atoms with van der Waals surface area (Å²) in [4.78, 5) is 11.9. The topological polar surface area (TPSA) is 95.8 Å². The average Bonchev–Trinajstić information content (AvgIpc) is 2.89. The molecule has 3 rings (SSSR count). The molecule has 7 heteroatoms. The molecule has 0 saturated carbocycles. The number of carbonyl (C=O) groups is 1. The van der Waals surface area contributed by atoms with Crippen LogP contribution in [0, 0.1) is 5.92 Å². The lowest BCUT2D eigenvalue weighted by Crippen LogP contribution is -2.27. The van der Waals surface area contributed by atoms with Gasteiger partial charge in [-0.15, -0.1) is 0 Å². The number of hydrazone groups is 1. The molecule has 0 radical (unpaired) electrons. The van der Waals surface area contributed by atoms with E-state index in [1.165, 1.54) is 6.21 Å². The highest BCUT2D eigenvalue weighted by atomic mass is 32.2. The van der Waals surface area contributed by atoms with Crippen molar-refractivity contribution in [1.29, 1.82) is 0 Å². The number of aromatic hydroxyl groups is 1. The first-order chi connectivity index (χ1) is 11.0. The summed E-state index contributed by atoms with van der Waals surface area (Å²) >= 11 is 0. The zero-order chi connectivity index (χ0) is 16.4. The Kier molecular flexibility index (Phi) is 4.04. The highest BCUT2D eigenvalue weighted by Crippen LogP contribution is 2.25. The third-order valence-electron chi connectivity index (χ3n) is 3.92. The number of benzene rings is 2. The maximum absolute atomic E-state index is 11.9. The molecule has 1 atom stereocenters. The van der Waals surface area contributed by atoms with Crippen LogP contribution < -0.4 is 5.43 Å². The zero-order valence-electron chi connectivity index (χ0n) is 12.3. The van der Waals surface area contributed by atoms with Gasteiger partial charge in [0.15, 0.2) is 9.84 Å². The Morgan fingerprint density at radius 1 is 1.26 bits per heavy atom. The van der Waals surface area contributed by atoms with Crippen molar-refractivity contribution in [2.75, 3.05) is 11.5 Å². The Hall–Kier alpha value is -2.41. The lowest BCUT2D eigenvalue weighted by molar-refractivity contribution is -0.124. The second-order valence-electron chi connectivity index (χ2n) is 5.55. The number of phenolic OH excluding ortho intramolecular Hbond substituents is 1. The second-order valence-corrected chi connectivity index (χ2v) is 7.78. The van der Waals surface area contributed by atoms with Gasteiger partial charge in [-0.2, -0.15) is 5.10 Å². The maximum atomic E-state index is 11.9. The van der Waals surface area contributed by atoms with Gasteiger partial charge in [0.25, 0.3) is 0 Å². The number of hydrogen-bond donors (Lipinski definition) is 2. The Bertz CT molecular complexity index is 890. The van der Waals surface area contributed by atoms with Gasteiger partial charge < -0.3 is 5.11 Å². The van der Waals surface area contributed by atoms with Crippen LogP contribution in [0.1, 0.15) is 12.0 Å². The summed E-state index contributed by atoms with van der Waals surface area (Å²) in [6, 6.07) is 10.9. The Labute approximate surface area is 133 Å². The van der Waals surface area contributed by atoms with Crippen molar-refractivity contribution in [2.24, 2.45) is 11.0 Å². The minimum atomic E-state index is -3.11. The summed E-state index contributed by atoms with van der Waals surface area (Å²) in [5.74, 6) is -1.00. The van der Waals surface area contributed by atoms with Crippen LogP contribution in [-0.2, 0) is 14.6 Å². The number of fused-ring (bicyclic) bond motifs is 1. The van der Waals surface area contributed by atoms with E-state index < -0.39 is 21.7 Å². The van der Waals surface area contributed by atoms with Crippen molar-refractivity contribution < 1.29 is 18.3 Å². The van der Waals surface area contributed by atoms with Crippen molar-refractivity contribution in [2.45, 2.75) is 6.42 Å². The van der Waals surface area contributed by atoms with Crippen molar-refractivity contribution in [3.05, 3.63) is 42.0 Å². The van der Waals surface area contributed by atoms with E-state index >= 15 is 0 Å². The van der Waals surface area contributed by atoms with E-state index in [1.54, 1.807) is 12.1 Å². The van der Waals surface area contributed by atoms with Gasteiger partial charge in [-0.05, 0) is 23.3 Å². The van der Waals surface area contributed by atoms with Crippen LogP contribution in [0.2, 0.25) is 0 Å². The number of carbonyl (C=O) groups excluding carboxylic acids is 1. The number of phenols is 1. The number of nitrogens with one attached hydrogen (secondary N) is 1. The van der Waals surface area contributed by atoms with Crippen LogP contribution in [0.4, 0.5) is 0 Å². The van der Waals surface area contributed by atoms with Crippen molar-refractivity contribution in [3.8, 4) is 5.75 Å². The van der Waals surface area contributed by atoms with Gasteiger partial charge in [-0.25, -0.2) is 13.8 Å². The average molecular weight is 332 g/mol. The smallest absolute Gasteiger partial charge is 0.244 e. The van der Waals surface area contributed by atoms with Gasteiger partial charge in [0.05, 0.1) is 23.6 Å². The standard InChI is InChI=1S/C16H16N2O4S/c19-15-6-5-11-3-1-2-4-13(11)14(15)9-17-18-16(20)12-7-8-23(21,22)10-12/h1-6,9,12,19H,7-8,10H2,(H,18,20)/b17-9+/t12-/m0/s1. The lowest BCUT2D eigenvalue weighted by Gasteiger charge is -2.06. The summed E-state index contributed by atoms with van der Waals surface area (Å²) in [7, 11) is -3.11. The van der Waals surface area contributed by atoms with Gasteiger partial charge >= 0.3 is 0 Å². The van der Waals surface area contributed by atoms with E-state index in [-0.39, 0.29) is 17.3 Å². The fraction of sp³-hybridized carbons (Fsp3) is 0.250. The van der Waals surface area contributed by atoms with Gasteiger partial charge in [0, 0.05) is 5.56 Å². The fourth-order valence-corrected chi connectivity index (χ4v) is 4.41. The molecule has 23 heavy (non-hydrogen) atoms. The molecule has 1 aliphatic heterocycles. The van der Waals surface area contributed by atoms with E-state index in [4.69, 9.17) is 0 Å². The van der Waals surface area contributed by atoms with Crippen molar-refractivity contribution in [3.63, 3.8) is 0 Å². The molecular formula is C16H16N2O4S. The molecule has 1 amide bonds. The third kappa shape index (κ3) is 3.34. The van der Waals surface area contributed by atoms with E-state index in [9.17, 15) is 18.3 Å². The van der Waals surface area contributed by atoms with Crippen molar-refractivity contribution >= 4 is 32.7 Å². The summed E-state index contributed by atoms with van der Waals surface area (Å²) < 4.78 is 22.8. The van der Waals surface area contributed by atoms with Gasteiger partial charge in [0.2, 0.25) is 5.91 Å². The molecule has 0 bridgehead atoms. The molecule has 2 N–H and O–H groups in total. The third-order valence-corrected chi connectivity index (χ3v) is 5.69. The van der Waals surface area contributed by atoms with Crippen LogP contribution in [0.5, 0.6) is 5.75 Å². The zero-order valence-corrected chi connectivity index (χ0v) is 13.1. The quantitative estimate of drug-likeness (QED) is 0.656. The van der Waals surface area contributed by atoms with E-state index in [2.05, 4.69) is 10.5 Å². The van der Waals surface area contributed by atoms with Crippen LogP contribution in [-0.4, -0.2) is 37.2 Å². The Morgan fingerprint density at radius 3 is 2.78 bits per heavy atom. The summed E-state index contributed by atoms with van der Waals surface area (Å²) in [6.45, 7) is 0. The molecule has 1 fully saturated rings. The Morgan fingerprint density at radius 2 is 2.04 bits per heavy atom. The maximum Gasteiger partial charge on any atom is 0.244 e. The first-order valence-electron chi connectivity index (χ1n) is 7.20. The molecule has 0 aromatic heterocycles. The SMILES string of the molecule is O=C(N/N=C/c1c(O)ccc2ccccc12)[C@H]1CCS(=O)(=O)C1. The minimum absolute atomic E-state index is 0.0406. The first kappa shape index (κ1) is 15.5. The molecular weight excluding hydrogens is 316 g/mol. The molecule has 2 aromatic rings. The van der Waals surface area contributed by atoms with Crippen LogP contribution >= 0.6 is 0 Å². The predicted octanol–water partition coefficient (Wildman–Crippen LogP) is 1.43. The van der Waals surface area contributed by atoms with E-state index in [1.807, 2.05) is 24.3 Å². The number of sulfone groups is 1. The van der Waals surface area contributed by atoms with E-state index in [0.717, 1.165) is 10.8 Å². The molecule has 0 aliphatic carbocycles. The Balaban J connectivity index is 1.76. The molecule has 6 nitrogen and oxygen atoms in total. The number of nitrogens with zero attached hydrogens (tertiary/aromatic N) is 1. The molecule has 1 aliphatic rings. The predicted molar refractivity (Wildman–Crippen MR) is 88.1 cm³/mol. The molecule has 0 unspecified atom stereocenters. The molecule has 2 aromatic carbocycles. The number of amides is 1. The van der Waals surface area contributed by atoms with E-state index in [0.29, 0.717) is 12.0 Å². The number of hydrogen-bond acceptors (Lipinski definition) is 5. The lowest BCUT2D eigenvalue weighted by atomic mass is 10.0. The fourth-order valence-electron chi connectivity index (χ4n) is 2.67. The van der Waals surface area contributed by atoms with Gasteiger partial charge in [-0.3, -0.25) is 4.79 Å². The van der Waals surface area contributed by atoms with Crippen LogP contribution in [0.25, 0.3) is 10.8 Å².